The number of ether oxygens (including phenoxy) is 1. The molecule has 0 unspecified atom stereocenters. The summed E-state index contributed by atoms with van der Waals surface area (Å²) in [4.78, 5) is 30.9. The maximum atomic E-state index is 13.0. The zero-order valence-corrected chi connectivity index (χ0v) is 17.9. The molecule has 162 valence electrons. The number of likely N-dealkylation sites (tertiary alicyclic amines) is 1. The highest BCUT2D eigenvalue weighted by atomic mass is 16.5. The molecule has 2 fully saturated rings. The van der Waals surface area contributed by atoms with E-state index in [9.17, 15) is 14.7 Å². The van der Waals surface area contributed by atoms with Crippen LogP contribution in [0.4, 0.5) is 0 Å². The lowest BCUT2D eigenvalue weighted by Gasteiger charge is -2.37. The summed E-state index contributed by atoms with van der Waals surface area (Å²) in [5.41, 5.74) is 2.37. The second-order valence-corrected chi connectivity index (χ2v) is 8.40. The molecule has 2 atom stereocenters. The van der Waals surface area contributed by atoms with Gasteiger partial charge in [0, 0.05) is 58.8 Å². The van der Waals surface area contributed by atoms with E-state index in [4.69, 9.17) is 4.74 Å². The molecule has 4 rings (SSSR count). The first-order valence-electron chi connectivity index (χ1n) is 10.4. The molecule has 2 saturated heterocycles. The smallest absolute Gasteiger partial charge is 0.352 e. The van der Waals surface area contributed by atoms with E-state index in [0.717, 1.165) is 49.1 Å². The number of fused-ring (bicyclic) bond motifs is 1. The van der Waals surface area contributed by atoms with Gasteiger partial charge in [0.1, 0.15) is 5.69 Å². The molecule has 0 radical (unpaired) electrons. The van der Waals surface area contributed by atoms with Gasteiger partial charge >= 0.3 is 5.97 Å². The zero-order chi connectivity index (χ0) is 21.4. The number of hydrogen-bond donors (Lipinski definition) is 1. The number of rotatable bonds is 5. The minimum Gasteiger partial charge on any atom is -0.477 e. The van der Waals surface area contributed by atoms with Gasteiger partial charge in [-0.3, -0.25) is 14.6 Å². The van der Waals surface area contributed by atoms with Crippen LogP contribution in [-0.2, 0) is 23.1 Å². The van der Waals surface area contributed by atoms with Gasteiger partial charge in [0.2, 0.25) is 5.91 Å². The summed E-state index contributed by atoms with van der Waals surface area (Å²) >= 11 is 0. The highest BCUT2D eigenvalue weighted by Gasteiger charge is 2.37. The monoisotopic (exact) mass is 414 g/mol. The Balaban J connectivity index is 1.41. The Labute approximate surface area is 176 Å². The van der Waals surface area contributed by atoms with Crippen LogP contribution in [0.3, 0.4) is 0 Å². The number of aromatic nitrogens is 1. The number of aromatic carboxylic acids is 1. The van der Waals surface area contributed by atoms with E-state index in [1.807, 2.05) is 24.1 Å². The minimum atomic E-state index is -0.917. The molecule has 8 nitrogen and oxygen atoms in total. The van der Waals surface area contributed by atoms with E-state index in [2.05, 4.69) is 15.9 Å². The minimum absolute atomic E-state index is 0.0898. The number of amides is 1. The summed E-state index contributed by atoms with van der Waals surface area (Å²) in [5.74, 6) is -0.716. The number of likely N-dealkylation sites (N-methyl/N-ethyl adjacent to an activating group) is 1. The molecule has 8 heteroatoms. The Morgan fingerprint density at radius 1 is 1.17 bits per heavy atom. The lowest BCUT2D eigenvalue weighted by molar-refractivity contribution is -0.137. The molecule has 0 saturated carbocycles. The van der Waals surface area contributed by atoms with Crippen LogP contribution in [0.25, 0.3) is 10.9 Å². The Morgan fingerprint density at radius 3 is 2.53 bits per heavy atom. The Hall–Kier alpha value is -2.42. The number of carboxylic acid groups (broad SMARTS) is 1. The fourth-order valence-electron chi connectivity index (χ4n) is 4.82. The number of nitrogens with zero attached hydrogens (tertiary/aromatic N) is 4. The third kappa shape index (κ3) is 3.82. The first kappa shape index (κ1) is 20.8. The molecule has 3 heterocycles. The van der Waals surface area contributed by atoms with Crippen LogP contribution in [0.1, 0.15) is 22.5 Å². The number of carboxylic acids is 1. The van der Waals surface area contributed by atoms with Crippen molar-refractivity contribution >= 4 is 22.8 Å². The number of benzene rings is 1. The van der Waals surface area contributed by atoms with Crippen LogP contribution >= 0.6 is 0 Å². The van der Waals surface area contributed by atoms with Crippen LogP contribution < -0.4 is 0 Å². The van der Waals surface area contributed by atoms with Crippen molar-refractivity contribution in [1.82, 2.24) is 19.3 Å². The SMILES string of the molecule is CO[C@@H]1C[C@H](C(=O)N2CCN(Cc3cccc4cc(C(=O)O)n(C)c34)CC2)N(C)C1. The first-order valence-corrected chi connectivity index (χ1v) is 10.4. The normalized spacial score (nSPS) is 23.4. The molecule has 2 aliphatic rings. The zero-order valence-electron chi connectivity index (χ0n) is 17.9. The Kier molecular flexibility index (Phi) is 5.81. The van der Waals surface area contributed by atoms with Crippen LogP contribution in [0.15, 0.2) is 24.3 Å². The van der Waals surface area contributed by atoms with E-state index in [-0.39, 0.29) is 18.1 Å². The van der Waals surface area contributed by atoms with Crippen molar-refractivity contribution in [3.63, 3.8) is 0 Å². The molecule has 2 aliphatic heterocycles. The quantitative estimate of drug-likeness (QED) is 0.793. The van der Waals surface area contributed by atoms with Crippen molar-refractivity contribution in [2.45, 2.75) is 25.1 Å². The maximum Gasteiger partial charge on any atom is 0.352 e. The van der Waals surface area contributed by atoms with Crippen molar-refractivity contribution in [2.24, 2.45) is 7.05 Å². The molecular formula is C22H30N4O4. The number of para-hydroxylation sites is 1. The van der Waals surface area contributed by atoms with Crippen molar-refractivity contribution < 1.29 is 19.4 Å². The van der Waals surface area contributed by atoms with Crippen LogP contribution in [0.2, 0.25) is 0 Å². The van der Waals surface area contributed by atoms with E-state index in [0.29, 0.717) is 18.8 Å². The highest BCUT2D eigenvalue weighted by molar-refractivity contribution is 5.95. The summed E-state index contributed by atoms with van der Waals surface area (Å²) in [5, 5.41) is 10.4. The van der Waals surface area contributed by atoms with Crippen molar-refractivity contribution in [3.05, 3.63) is 35.5 Å². The Morgan fingerprint density at radius 2 is 1.90 bits per heavy atom. The predicted octanol–water partition coefficient (Wildman–Crippen LogP) is 1.24. The molecule has 1 aromatic carbocycles. The fourth-order valence-corrected chi connectivity index (χ4v) is 4.82. The van der Waals surface area contributed by atoms with Crippen LogP contribution in [-0.4, -0.2) is 95.3 Å². The van der Waals surface area contributed by atoms with Crippen LogP contribution in [0, 0.1) is 0 Å². The van der Waals surface area contributed by atoms with E-state index in [1.54, 1.807) is 24.8 Å². The third-order valence-corrected chi connectivity index (χ3v) is 6.57. The van der Waals surface area contributed by atoms with Gasteiger partial charge in [-0.2, -0.15) is 0 Å². The molecule has 0 aliphatic carbocycles. The topological polar surface area (TPSA) is 78.2 Å². The lowest BCUT2D eigenvalue weighted by Crippen LogP contribution is -2.52. The second kappa shape index (κ2) is 8.37. The number of methoxy groups -OCH3 is 1. The molecule has 2 aromatic rings. The summed E-state index contributed by atoms with van der Waals surface area (Å²) in [6.07, 6.45) is 0.889. The summed E-state index contributed by atoms with van der Waals surface area (Å²) in [6, 6.07) is 7.62. The predicted molar refractivity (Wildman–Crippen MR) is 114 cm³/mol. The van der Waals surface area contributed by atoms with Gasteiger partial charge in [0.25, 0.3) is 0 Å². The molecule has 1 N–H and O–H groups in total. The molecule has 30 heavy (non-hydrogen) atoms. The first-order chi connectivity index (χ1) is 14.4. The van der Waals surface area contributed by atoms with Gasteiger partial charge in [-0.25, -0.2) is 4.79 Å². The highest BCUT2D eigenvalue weighted by Crippen LogP contribution is 2.25. The lowest BCUT2D eigenvalue weighted by atomic mass is 10.1. The molecule has 1 amide bonds. The number of piperazine rings is 1. The molecular weight excluding hydrogens is 384 g/mol. The van der Waals surface area contributed by atoms with Gasteiger partial charge < -0.3 is 19.3 Å². The number of carbonyl (C=O) groups excluding carboxylic acids is 1. The van der Waals surface area contributed by atoms with E-state index in [1.165, 1.54) is 0 Å². The average molecular weight is 415 g/mol. The van der Waals surface area contributed by atoms with Crippen molar-refractivity contribution in [2.75, 3.05) is 46.9 Å². The summed E-state index contributed by atoms with van der Waals surface area (Å²) in [6.45, 7) is 4.58. The molecule has 1 aromatic heterocycles. The largest absolute Gasteiger partial charge is 0.477 e. The third-order valence-electron chi connectivity index (χ3n) is 6.57. The summed E-state index contributed by atoms with van der Waals surface area (Å²) < 4.78 is 7.19. The average Bonchev–Trinajstić information content (AvgIpc) is 3.28. The number of hydrogen-bond acceptors (Lipinski definition) is 5. The van der Waals surface area contributed by atoms with Gasteiger partial charge in [0.05, 0.1) is 17.7 Å². The van der Waals surface area contributed by atoms with Gasteiger partial charge in [0.15, 0.2) is 0 Å². The number of aryl methyl sites for hydroxylation is 1. The van der Waals surface area contributed by atoms with E-state index < -0.39 is 5.97 Å². The maximum absolute atomic E-state index is 13.0. The van der Waals surface area contributed by atoms with Crippen molar-refractivity contribution in [3.8, 4) is 0 Å². The van der Waals surface area contributed by atoms with Crippen LogP contribution in [0.5, 0.6) is 0 Å². The van der Waals surface area contributed by atoms with E-state index >= 15 is 0 Å². The van der Waals surface area contributed by atoms with Gasteiger partial charge in [-0.1, -0.05) is 18.2 Å². The molecule has 0 spiro atoms. The summed E-state index contributed by atoms with van der Waals surface area (Å²) in [7, 11) is 5.50. The fraction of sp³-hybridized carbons (Fsp3) is 0.545. The van der Waals surface area contributed by atoms with Crippen molar-refractivity contribution in [1.29, 1.82) is 0 Å². The Bertz CT molecular complexity index is 948. The van der Waals surface area contributed by atoms with Gasteiger partial charge in [-0.15, -0.1) is 0 Å². The number of carbonyl (C=O) groups is 2. The standard InChI is InChI=1S/C22H30N4O4/c1-23-14-17(30-3)12-18(23)21(27)26-9-7-25(8-10-26)13-16-6-4-5-15-11-19(22(28)29)24(2)20(15)16/h4-6,11,17-18H,7-10,12-14H2,1-3H3,(H,28,29)/t17-,18-/m1/s1. The van der Waals surface area contributed by atoms with Gasteiger partial charge in [-0.05, 0) is 25.1 Å². The molecule has 0 bridgehead atoms. The second-order valence-electron chi connectivity index (χ2n) is 8.40.